The zero-order valence-electron chi connectivity index (χ0n) is 14.8. The van der Waals surface area contributed by atoms with Crippen molar-refractivity contribution in [3.63, 3.8) is 0 Å². The molecule has 1 N–H and O–H groups in total. The summed E-state index contributed by atoms with van der Waals surface area (Å²) in [6.45, 7) is 2.01. The number of benzene rings is 2. The zero-order chi connectivity index (χ0) is 18.8. The first-order valence-corrected chi connectivity index (χ1v) is 9.68. The van der Waals surface area contributed by atoms with E-state index in [0.717, 1.165) is 29.7 Å². The predicted octanol–water partition coefficient (Wildman–Crippen LogP) is 3.83. The van der Waals surface area contributed by atoms with Crippen LogP contribution in [0.15, 0.2) is 60.0 Å². The van der Waals surface area contributed by atoms with E-state index < -0.39 is 5.25 Å². The van der Waals surface area contributed by atoms with Crippen molar-refractivity contribution in [3.8, 4) is 5.69 Å². The van der Waals surface area contributed by atoms with Crippen molar-refractivity contribution in [2.24, 2.45) is 0 Å². The fourth-order valence-electron chi connectivity index (χ4n) is 2.82. The number of thioether (sulfide) groups is 1. The minimum atomic E-state index is -0.529. The number of halogens is 1. The molecule has 0 bridgehead atoms. The molecule has 1 amide bonds. The summed E-state index contributed by atoms with van der Waals surface area (Å²) in [4.78, 5) is 12.8. The van der Waals surface area contributed by atoms with Gasteiger partial charge in [0.15, 0.2) is 5.16 Å². The molecule has 0 aliphatic heterocycles. The van der Waals surface area contributed by atoms with Gasteiger partial charge in [-0.1, -0.05) is 42.1 Å². The highest BCUT2D eigenvalue weighted by Gasteiger charge is 2.30. The van der Waals surface area contributed by atoms with E-state index in [0.29, 0.717) is 5.16 Å². The van der Waals surface area contributed by atoms with Crippen molar-refractivity contribution in [1.29, 1.82) is 0 Å². The molecular weight excluding hydrogens is 363 g/mol. The van der Waals surface area contributed by atoms with Crippen LogP contribution in [0, 0.1) is 12.7 Å². The van der Waals surface area contributed by atoms with Gasteiger partial charge >= 0.3 is 0 Å². The molecule has 0 spiro atoms. The lowest BCUT2D eigenvalue weighted by molar-refractivity contribution is -0.120. The third-order valence-electron chi connectivity index (χ3n) is 4.45. The summed E-state index contributed by atoms with van der Waals surface area (Å²) in [6.07, 6.45) is 3.66. The van der Waals surface area contributed by atoms with Gasteiger partial charge in [-0.2, -0.15) is 0 Å². The molecule has 1 aliphatic rings. The molecule has 1 atom stereocenters. The van der Waals surface area contributed by atoms with E-state index in [1.807, 2.05) is 35.8 Å². The fourth-order valence-corrected chi connectivity index (χ4v) is 3.86. The maximum atomic E-state index is 13.3. The predicted molar refractivity (Wildman–Crippen MR) is 102 cm³/mol. The maximum absolute atomic E-state index is 13.3. The second-order valence-electron chi connectivity index (χ2n) is 6.60. The summed E-state index contributed by atoms with van der Waals surface area (Å²) in [5, 5.41) is 11.4. The van der Waals surface area contributed by atoms with Crippen LogP contribution >= 0.6 is 11.8 Å². The highest BCUT2D eigenvalue weighted by Crippen LogP contribution is 2.36. The summed E-state index contributed by atoms with van der Waals surface area (Å²) in [5.41, 5.74) is 2.78. The molecule has 1 saturated carbocycles. The van der Waals surface area contributed by atoms with Gasteiger partial charge in [0.25, 0.3) is 0 Å². The van der Waals surface area contributed by atoms with Gasteiger partial charge in [0.05, 0.1) is 5.69 Å². The number of aryl methyl sites for hydroxylation is 1. The number of amides is 1. The monoisotopic (exact) mass is 382 g/mol. The zero-order valence-corrected chi connectivity index (χ0v) is 15.6. The Kier molecular flexibility index (Phi) is 4.94. The van der Waals surface area contributed by atoms with Crippen LogP contribution in [-0.2, 0) is 4.79 Å². The van der Waals surface area contributed by atoms with Gasteiger partial charge in [-0.3, -0.25) is 9.36 Å². The van der Waals surface area contributed by atoms with Crippen LogP contribution in [0.4, 0.5) is 4.39 Å². The molecule has 2 aromatic carbocycles. The lowest BCUT2D eigenvalue weighted by Crippen LogP contribution is -2.30. The van der Waals surface area contributed by atoms with Crippen LogP contribution < -0.4 is 5.32 Å². The number of nitrogens with zero attached hydrogens (tertiary/aromatic N) is 3. The maximum Gasteiger partial charge on any atom is 0.238 e. The Hall–Kier alpha value is -2.67. The molecule has 7 heteroatoms. The van der Waals surface area contributed by atoms with Crippen LogP contribution in [-0.4, -0.2) is 26.7 Å². The Balaban J connectivity index is 1.66. The van der Waals surface area contributed by atoms with Gasteiger partial charge in [0, 0.05) is 6.04 Å². The Morgan fingerprint density at radius 3 is 2.67 bits per heavy atom. The van der Waals surface area contributed by atoms with E-state index in [9.17, 15) is 9.18 Å². The van der Waals surface area contributed by atoms with Gasteiger partial charge in [0.2, 0.25) is 5.91 Å². The van der Waals surface area contributed by atoms with Gasteiger partial charge in [-0.05, 0) is 49.1 Å². The highest BCUT2D eigenvalue weighted by atomic mass is 32.2. The molecule has 5 nitrogen and oxygen atoms in total. The first kappa shape index (κ1) is 17.7. The summed E-state index contributed by atoms with van der Waals surface area (Å²) in [6, 6.07) is 14.2. The van der Waals surface area contributed by atoms with Crippen LogP contribution in [0.25, 0.3) is 5.69 Å². The smallest absolute Gasteiger partial charge is 0.238 e. The van der Waals surface area contributed by atoms with E-state index in [-0.39, 0.29) is 17.8 Å². The first-order chi connectivity index (χ1) is 13.1. The normalized spacial score (nSPS) is 14.7. The summed E-state index contributed by atoms with van der Waals surface area (Å²) in [5.74, 6) is -0.415. The molecule has 1 aromatic heterocycles. The van der Waals surface area contributed by atoms with Crippen molar-refractivity contribution in [3.05, 3.63) is 71.8 Å². The van der Waals surface area contributed by atoms with E-state index >= 15 is 0 Å². The largest absolute Gasteiger partial charge is 0.352 e. The average Bonchev–Trinajstić information content (AvgIpc) is 3.36. The number of para-hydroxylation sites is 1. The van der Waals surface area contributed by atoms with Crippen LogP contribution in [0.3, 0.4) is 0 Å². The Morgan fingerprint density at radius 1 is 1.22 bits per heavy atom. The number of hydrogen-bond donors (Lipinski definition) is 1. The third-order valence-corrected chi connectivity index (χ3v) is 5.66. The van der Waals surface area contributed by atoms with Crippen LogP contribution in [0.2, 0.25) is 0 Å². The molecule has 27 heavy (non-hydrogen) atoms. The number of rotatable bonds is 6. The van der Waals surface area contributed by atoms with Crippen LogP contribution in [0.1, 0.15) is 29.2 Å². The van der Waals surface area contributed by atoms with Crippen molar-refractivity contribution in [2.75, 3.05) is 0 Å². The number of aromatic nitrogens is 3. The van der Waals surface area contributed by atoms with Gasteiger partial charge in [-0.25, -0.2) is 4.39 Å². The minimum Gasteiger partial charge on any atom is -0.352 e. The minimum absolute atomic E-state index is 0.0894. The SMILES string of the molecule is Cc1ccccc1-n1cnnc1SC(C(=O)NC1CC1)c1ccc(F)cc1. The Bertz CT molecular complexity index is 953. The Morgan fingerprint density at radius 2 is 1.96 bits per heavy atom. The second kappa shape index (κ2) is 7.52. The summed E-state index contributed by atoms with van der Waals surface area (Å²) >= 11 is 1.32. The molecule has 3 aromatic rings. The van der Waals surface area contributed by atoms with E-state index in [1.165, 1.54) is 23.9 Å². The van der Waals surface area contributed by atoms with Crippen molar-refractivity contribution < 1.29 is 9.18 Å². The van der Waals surface area contributed by atoms with Crippen molar-refractivity contribution in [2.45, 2.75) is 36.2 Å². The first-order valence-electron chi connectivity index (χ1n) is 8.80. The lowest BCUT2D eigenvalue weighted by atomic mass is 10.1. The Labute approximate surface area is 161 Å². The van der Waals surface area contributed by atoms with Gasteiger partial charge in [-0.15, -0.1) is 10.2 Å². The van der Waals surface area contributed by atoms with Crippen LogP contribution in [0.5, 0.6) is 0 Å². The molecule has 138 valence electrons. The molecule has 1 aliphatic carbocycles. The number of carbonyl (C=O) groups is 1. The lowest BCUT2D eigenvalue weighted by Gasteiger charge is -2.17. The van der Waals surface area contributed by atoms with Crippen molar-refractivity contribution in [1.82, 2.24) is 20.1 Å². The van der Waals surface area contributed by atoms with E-state index in [2.05, 4.69) is 15.5 Å². The summed E-state index contributed by atoms with van der Waals surface area (Å²) < 4.78 is 15.2. The topological polar surface area (TPSA) is 59.8 Å². The van der Waals surface area contributed by atoms with Gasteiger partial charge < -0.3 is 5.32 Å². The molecular formula is C20H19FN4OS. The molecule has 1 fully saturated rings. The summed E-state index contributed by atoms with van der Waals surface area (Å²) in [7, 11) is 0. The third kappa shape index (κ3) is 4.03. The highest BCUT2D eigenvalue weighted by molar-refractivity contribution is 8.00. The fraction of sp³-hybridized carbons (Fsp3) is 0.250. The number of nitrogens with one attached hydrogen (secondary N) is 1. The standard InChI is InChI=1S/C20H19FN4OS/c1-13-4-2-3-5-17(13)25-12-22-24-20(25)27-18(19(26)23-16-10-11-16)14-6-8-15(21)9-7-14/h2-9,12,16,18H,10-11H2,1H3,(H,23,26). The molecule has 0 saturated heterocycles. The molecule has 0 radical (unpaired) electrons. The van der Waals surface area contributed by atoms with Gasteiger partial charge in [0.1, 0.15) is 17.4 Å². The van der Waals surface area contributed by atoms with Crippen molar-refractivity contribution >= 4 is 17.7 Å². The average molecular weight is 382 g/mol. The quantitative estimate of drug-likeness (QED) is 0.659. The molecule has 1 unspecified atom stereocenters. The van der Waals surface area contributed by atoms with E-state index in [1.54, 1.807) is 18.5 Å². The second-order valence-corrected chi connectivity index (χ2v) is 7.67. The number of carbonyl (C=O) groups excluding carboxylic acids is 1. The molecule has 1 heterocycles. The molecule has 4 rings (SSSR count). The van der Waals surface area contributed by atoms with E-state index in [4.69, 9.17) is 0 Å². The number of hydrogen-bond acceptors (Lipinski definition) is 4.